The fourth-order valence-electron chi connectivity index (χ4n) is 3.54. The van der Waals surface area contributed by atoms with E-state index in [4.69, 9.17) is 0 Å². The first kappa shape index (κ1) is 16.4. The number of benzene rings is 1. The van der Waals surface area contributed by atoms with Crippen molar-refractivity contribution in [2.24, 2.45) is 13.0 Å². The molecule has 1 aromatic carbocycles. The maximum Gasteiger partial charge on any atom is 0.331 e. The van der Waals surface area contributed by atoms with Crippen molar-refractivity contribution in [3.8, 4) is 0 Å². The van der Waals surface area contributed by atoms with Crippen molar-refractivity contribution in [3.63, 3.8) is 0 Å². The van der Waals surface area contributed by atoms with Crippen molar-refractivity contribution in [1.82, 2.24) is 14.5 Å². The molecule has 1 fully saturated rings. The molecule has 0 spiro atoms. The van der Waals surface area contributed by atoms with Gasteiger partial charge in [-0.1, -0.05) is 13.3 Å². The van der Waals surface area contributed by atoms with E-state index in [0.29, 0.717) is 11.9 Å². The highest BCUT2D eigenvalue weighted by atomic mass is 16.6. The Morgan fingerprint density at radius 3 is 2.79 bits per heavy atom. The summed E-state index contributed by atoms with van der Waals surface area (Å²) < 4.78 is 2.69. The van der Waals surface area contributed by atoms with E-state index in [9.17, 15) is 19.7 Å². The molecule has 0 saturated carbocycles. The van der Waals surface area contributed by atoms with Crippen LogP contribution in [0.4, 0.5) is 5.69 Å². The summed E-state index contributed by atoms with van der Waals surface area (Å²) in [4.78, 5) is 36.2. The fraction of sp³-hybridized carbons (Fsp3) is 0.500. The van der Waals surface area contributed by atoms with Crippen LogP contribution in [-0.4, -0.2) is 27.1 Å². The third-order valence-electron chi connectivity index (χ3n) is 4.92. The maximum absolute atomic E-state index is 12.9. The minimum absolute atomic E-state index is 0.151. The standard InChI is InChI=1S/C16H20N4O4/c1-3-10-9-17-7-6-13(10)19-15(21)12-8-11(20(23)24)4-5-14(12)18(2)16(19)22/h4-5,8,10,13,17H,3,6-7,9H2,1-2H3. The second kappa shape index (κ2) is 6.20. The SMILES string of the molecule is CCC1CNCCC1n1c(=O)c2cc([N+](=O)[O-])ccc2n(C)c1=O. The Hall–Kier alpha value is -2.48. The van der Waals surface area contributed by atoms with Crippen LogP contribution in [0.1, 0.15) is 25.8 Å². The van der Waals surface area contributed by atoms with Gasteiger partial charge >= 0.3 is 5.69 Å². The Bertz CT molecular complexity index is 915. The second-order valence-electron chi connectivity index (χ2n) is 6.20. The highest BCUT2D eigenvalue weighted by Crippen LogP contribution is 2.26. The lowest BCUT2D eigenvalue weighted by atomic mass is 9.91. The Morgan fingerprint density at radius 2 is 2.12 bits per heavy atom. The van der Waals surface area contributed by atoms with Gasteiger partial charge in [0.25, 0.3) is 11.2 Å². The molecule has 8 nitrogen and oxygen atoms in total. The van der Waals surface area contributed by atoms with Crippen LogP contribution in [0, 0.1) is 16.0 Å². The summed E-state index contributed by atoms with van der Waals surface area (Å²) >= 11 is 0. The molecule has 0 amide bonds. The number of nitro groups is 1. The molecule has 8 heteroatoms. The zero-order chi connectivity index (χ0) is 17.4. The van der Waals surface area contributed by atoms with Gasteiger partial charge in [0.05, 0.1) is 15.8 Å². The minimum atomic E-state index is -0.534. The average molecular weight is 332 g/mol. The lowest BCUT2D eigenvalue weighted by Gasteiger charge is -2.32. The molecular formula is C16H20N4O4. The Kier molecular flexibility index (Phi) is 4.23. The molecule has 128 valence electrons. The van der Waals surface area contributed by atoms with E-state index in [-0.39, 0.29) is 28.7 Å². The number of fused-ring (bicyclic) bond motifs is 1. The highest BCUT2D eigenvalue weighted by Gasteiger charge is 2.29. The van der Waals surface area contributed by atoms with Crippen molar-refractivity contribution in [1.29, 1.82) is 0 Å². The Labute approximate surface area is 137 Å². The van der Waals surface area contributed by atoms with E-state index in [2.05, 4.69) is 5.32 Å². The van der Waals surface area contributed by atoms with Gasteiger partial charge in [0.15, 0.2) is 0 Å². The van der Waals surface area contributed by atoms with Crippen LogP contribution in [0.15, 0.2) is 27.8 Å². The van der Waals surface area contributed by atoms with Gasteiger partial charge in [-0.2, -0.15) is 0 Å². The summed E-state index contributed by atoms with van der Waals surface area (Å²) in [5.41, 5.74) is -0.551. The molecule has 0 radical (unpaired) electrons. The molecule has 0 aliphatic carbocycles. The average Bonchev–Trinajstić information content (AvgIpc) is 2.60. The Balaban J connectivity index is 2.30. The fourth-order valence-corrected chi connectivity index (χ4v) is 3.54. The molecule has 2 heterocycles. The van der Waals surface area contributed by atoms with Gasteiger partial charge in [-0.15, -0.1) is 0 Å². The molecule has 0 bridgehead atoms. The summed E-state index contributed by atoms with van der Waals surface area (Å²) in [5, 5.41) is 14.5. The Morgan fingerprint density at radius 1 is 1.38 bits per heavy atom. The minimum Gasteiger partial charge on any atom is -0.316 e. The third kappa shape index (κ3) is 2.52. The van der Waals surface area contributed by atoms with Crippen LogP contribution in [0.3, 0.4) is 0 Å². The lowest BCUT2D eigenvalue weighted by Crippen LogP contribution is -2.48. The van der Waals surface area contributed by atoms with Crippen LogP contribution in [0.2, 0.25) is 0 Å². The summed E-state index contributed by atoms with van der Waals surface area (Å²) in [7, 11) is 1.59. The molecule has 1 aliphatic rings. The van der Waals surface area contributed by atoms with Gasteiger partial charge in [0.1, 0.15) is 0 Å². The molecule has 1 N–H and O–H groups in total. The number of rotatable bonds is 3. The van der Waals surface area contributed by atoms with Crippen molar-refractivity contribution in [2.75, 3.05) is 13.1 Å². The number of nitrogens with one attached hydrogen (secondary N) is 1. The normalized spacial score (nSPS) is 21.1. The number of aromatic nitrogens is 2. The monoisotopic (exact) mass is 332 g/mol. The zero-order valence-electron chi connectivity index (χ0n) is 13.7. The van der Waals surface area contributed by atoms with Gasteiger partial charge in [0.2, 0.25) is 0 Å². The van der Waals surface area contributed by atoms with Gasteiger partial charge in [-0.25, -0.2) is 4.79 Å². The van der Waals surface area contributed by atoms with Crippen molar-refractivity contribution >= 4 is 16.6 Å². The largest absolute Gasteiger partial charge is 0.331 e. The number of hydrogen-bond acceptors (Lipinski definition) is 5. The molecule has 1 aliphatic heterocycles. The molecule has 1 aromatic heterocycles. The van der Waals surface area contributed by atoms with E-state index in [1.54, 1.807) is 7.05 Å². The van der Waals surface area contributed by atoms with Crippen LogP contribution >= 0.6 is 0 Å². The van der Waals surface area contributed by atoms with Gasteiger partial charge < -0.3 is 5.32 Å². The van der Waals surface area contributed by atoms with E-state index < -0.39 is 10.5 Å². The zero-order valence-corrected chi connectivity index (χ0v) is 13.7. The number of nitrogens with zero attached hydrogens (tertiary/aromatic N) is 3. The predicted octanol–water partition coefficient (Wildman–Crippen LogP) is 1.17. The molecule has 3 rings (SSSR count). The predicted molar refractivity (Wildman–Crippen MR) is 90.4 cm³/mol. The molecular weight excluding hydrogens is 312 g/mol. The van der Waals surface area contributed by atoms with Gasteiger partial charge in [-0.3, -0.25) is 24.0 Å². The first-order valence-electron chi connectivity index (χ1n) is 8.06. The van der Waals surface area contributed by atoms with Crippen LogP contribution in [0.5, 0.6) is 0 Å². The molecule has 24 heavy (non-hydrogen) atoms. The first-order valence-corrected chi connectivity index (χ1v) is 8.06. The van der Waals surface area contributed by atoms with E-state index in [0.717, 1.165) is 19.5 Å². The topological polar surface area (TPSA) is 99.2 Å². The third-order valence-corrected chi connectivity index (χ3v) is 4.92. The second-order valence-corrected chi connectivity index (χ2v) is 6.20. The molecule has 2 aromatic rings. The van der Waals surface area contributed by atoms with Crippen molar-refractivity contribution in [2.45, 2.75) is 25.8 Å². The summed E-state index contributed by atoms with van der Waals surface area (Å²) in [6.07, 6.45) is 1.54. The van der Waals surface area contributed by atoms with E-state index in [1.165, 1.54) is 27.3 Å². The number of nitro benzene ring substituents is 1. The van der Waals surface area contributed by atoms with Crippen LogP contribution in [0.25, 0.3) is 10.9 Å². The van der Waals surface area contributed by atoms with E-state index >= 15 is 0 Å². The van der Waals surface area contributed by atoms with Gasteiger partial charge in [0, 0.05) is 25.2 Å². The maximum atomic E-state index is 12.9. The highest BCUT2D eigenvalue weighted by molar-refractivity contribution is 5.80. The summed E-state index contributed by atoms with van der Waals surface area (Å²) in [6.45, 7) is 3.53. The summed E-state index contributed by atoms with van der Waals surface area (Å²) in [5.74, 6) is 0.181. The smallest absolute Gasteiger partial charge is 0.316 e. The number of piperidine rings is 1. The van der Waals surface area contributed by atoms with Gasteiger partial charge in [-0.05, 0) is 31.5 Å². The number of hydrogen-bond donors (Lipinski definition) is 1. The first-order chi connectivity index (χ1) is 11.5. The number of aryl methyl sites for hydroxylation is 1. The van der Waals surface area contributed by atoms with E-state index in [1.807, 2.05) is 6.92 Å². The summed E-state index contributed by atoms with van der Waals surface area (Å²) in [6, 6.07) is 3.84. The van der Waals surface area contributed by atoms with Crippen LogP contribution in [-0.2, 0) is 7.05 Å². The molecule has 2 unspecified atom stereocenters. The van der Waals surface area contributed by atoms with Crippen molar-refractivity contribution < 1.29 is 4.92 Å². The molecule has 2 atom stereocenters. The van der Waals surface area contributed by atoms with Crippen LogP contribution < -0.4 is 16.6 Å². The van der Waals surface area contributed by atoms with Crippen molar-refractivity contribution in [3.05, 3.63) is 49.2 Å². The molecule has 1 saturated heterocycles. The lowest BCUT2D eigenvalue weighted by molar-refractivity contribution is -0.384. The number of non-ortho nitro benzene ring substituents is 1. The quantitative estimate of drug-likeness (QED) is 0.672.